The maximum Gasteiger partial charge on any atom is 0.160 e. The van der Waals surface area contributed by atoms with Crippen molar-refractivity contribution in [3.05, 3.63) is 56.8 Å². The van der Waals surface area contributed by atoms with Gasteiger partial charge >= 0.3 is 0 Å². The first-order valence-corrected chi connectivity index (χ1v) is 6.59. The average molecular weight is 244 g/mol. The van der Waals surface area contributed by atoms with E-state index in [4.69, 9.17) is 0 Å². The van der Waals surface area contributed by atoms with Gasteiger partial charge in [0.2, 0.25) is 0 Å². The van der Waals surface area contributed by atoms with Crippen LogP contribution in [0.4, 0.5) is 0 Å². The van der Waals surface area contributed by atoms with Gasteiger partial charge in [0.25, 0.3) is 0 Å². The van der Waals surface area contributed by atoms with Crippen LogP contribution in [0.3, 0.4) is 0 Å². The standard InChI is InChI=1S/C15H16OS/c1-10-7-11(2)15(12(3)16)13(8-10)9-14-5-4-6-17-14/h4-8H,9H2,1-3H3. The molecule has 0 N–H and O–H groups in total. The summed E-state index contributed by atoms with van der Waals surface area (Å²) in [5, 5.41) is 2.07. The second kappa shape index (κ2) is 4.84. The van der Waals surface area contributed by atoms with Crippen molar-refractivity contribution in [3.63, 3.8) is 0 Å². The van der Waals surface area contributed by atoms with Crippen molar-refractivity contribution in [2.75, 3.05) is 0 Å². The molecule has 0 fully saturated rings. The highest BCUT2D eigenvalue weighted by atomic mass is 32.1. The molecule has 0 bridgehead atoms. The fourth-order valence-corrected chi connectivity index (χ4v) is 3.03. The predicted molar refractivity (Wildman–Crippen MR) is 73.0 cm³/mol. The summed E-state index contributed by atoms with van der Waals surface area (Å²) in [7, 11) is 0. The third-order valence-electron chi connectivity index (χ3n) is 2.86. The van der Waals surface area contributed by atoms with Crippen LogP contribution in [0, 0.1) is 13.8 Å². The zero-order valence-corrected chi connectivity index (χ0v) is 11.2. The van der Waals surface area contributed by atoms with Gasteiger partial charge in [-0.15, -0.1) is 11.3 Å². The Morgan fingerprint density at radius 3 is 2.65 bits per heavy atom. The molecule has 1 aromatic heterocycles. The second-order valence-electron chi connectivity index (χ2n) is 4.43. The highest BCUT2D eigenvalue weighted by Gasteiger charge is 2.12. The van der Waals surface area contributed by atoms with E-state index in [2.05, 4.69) is 36.6 Å². The summed E-state index contributed by atoms with van der Waals surface area (Å²) in [6.45, 7) is 5.74. The third kappa shape index (κ3) is 2.64. The molecule has 88 valence electrons. The fraction of sp³-hybridized carbons (Fsp3) is 0.267. The van der Waals surface area contributed by atoms with Gasteiger partial charge in [-0.1, -0.05) is 23.8 Å². The highest BCUT2D eigenvalue weighted by molar-refractivity contribution is 7.09. The third-order valence-corrected chi connectivity index (χ3v) is 3.73. The van der Waals surface area contributed by atoms with Crippen molar-refractivity contribution in [2.24, 2.45) is 0 Å². The van der Waals surface area contributed by atoms with Crippen LogP contribution in [-0.2, 0) is 6.42 Å². The number of carbonyl (C=O) groups excluding carboxylic acids is 1. The molecule has 0 saturated heterocycles. The predicted octanol–water partition coefficient (Wildman–Crippen LogP) is 4.16. The monoisotopic (exact) mass is 244 g/mol. The minimum atomic E-state index is 0.161. The zero-order chi connectivity index (χ0) is 12.4. The molecule has 17 heavy (non-hydrogen) atoms. The van der Waals surface area contributed by atoms with Crippen molar-refractivity contribution in [1.29, 1.82) is 0 Å². The van der Waals surface area contributed by atoms with Crippen LogP contribution >= 0.6 is 11.3 Å². The number of hydrogen-bond donors (Lipinski definition) is 0. The number of carbonyl (C=O) groups is 1. The summed E-state index contributed by atoms with van der Waals surface area (Å²) in [6, 6.07) is 8.38. The second-order valence-corrected chi connectivity index (χ2v) is 5.46. The molecular formula is C15H16OS. The van der Waals surface area contributed by atoms with E-state index in [1.54, 1.807) is 18.3 Å². The van der Waals surface area contributed by atoms with Gasteiger partial charge in [-0.3, -0.25) is 4.79 Å². The maximum atomic E-state index is 11.7. The van der Waals surface area contributed by atoms with E-state index >= 15 is 0 Å². The van der Waals surface area contributed by atoms with Crippen molar-refractivity contribution in [2.45, 2.75) is 27.2 Å². The van der Waals surface area contributed by atoms with Crippen molar-refractivity contribution in [1.82, 2.24) is 0 Å². The van der Waals surface area contributed by atoms with E-state index in [9.17, 15) is 4.79 Å². The lowest BCUT2D eigenvalue weighted by Gasteiger charge is -2.11. The lowest BCUT2D eigenvalue weighted by Crippen LogP contribution is -2.04. The normalized spacial score (nSPS) is 10.5. The lowest BCUT2D eigenvalue weighted by molar-refractivity contribution is 0.101. The number of aryl methyl sites for hydroxylation is 2. The lowest BCUT2D eigenvalue weighted by atomic mass is 9.94. The van der Waals surface area contributed by atoms with E-state index < -0.39 is 0 Å². The molecule has 0 spiro atoms. The van der Waals surface area contributed by atoms with Gasteiger partial charge in [0, 0.05) is 16.9 Å². The molecule has 0 aliphatic rings. The Kier molecular flexibility index (Phi) is 3.43. The van der Waals surface area contributed by atoms with Crippen LogP contribution in [0.25, 0.3) is 0 Å². The van der Waals surface area contributed by atoms with Gasteiger partial charge < -0.3 is 0 Å². The summed E-state index contributed by atoms with van der Waals surface area (Å²) in [6.07, 6.45) is 0.856. The molecule has 0 aliphatic heterocycles. The summed E-state index contributed by atoms with van der Waals surface area (Å²) in [5.41, 5.74) is 4.35. The first-order chi connectivity index (χ1) is 8.08. The summed E-state index contributed by atoms with van der Waals surface area (Å²) >= 11 is 1.74. The number of benzene rings is 1. The Bertz CT molecular complexity index is 538. The van der Waals surface area contributed by atoms with Gasteiger partial charge in [-0.05, 0) is 43.3 Å². The number of ketones is 1. The molecule has 1 nitrogen and oxygen atoms in total. The Labute approximate surface area is 106 Å². The zero-order valence-electron chi connectivity index (χ0n) is 10.4. The average Bonchev–Trinajstić information content (AvgIpc) is 2.68. The SMILES string of the molecule is CC(=O)c1c(C)cc(C)cc1Cc1cccs1. The molecule has 2 aromatic rings. The topological polar surface area (TPSA) is 17.1 Å². The Hall–Kier alpha value is -1.41. The number of hydrogen-bond acceptors (Lipinski definition) is 2. The van der Waals surface area contributed by atoms with Gasteiger partial charge in [0.15, 0.2) is 5.78 Å². The van der Waals surface area contributed by atoms with Gasteiger partial charge in [0.1, 0.15) is 0 Å². The Balaban J connectivity index is 2.47. The van der Waals surface area contributed by atoms with E-state index in [1.807, 2.05) is 6.92 Å². The molecule has 0 atom stereocenters. The Morgan fingerprint density at radius 2 is 2.06 bits per heavy atom. The molecule has 1 aromatic carbocycles. The number of Topliss-reactive ketones (excluding diaryl/α,β-unsaturated/α-hetero) is 1. The minimum absolute atomic E-state index is 0.161. The van der Waals surface area contributed by atoms with Gasteiger partial charge in [0.05, 0.1) is 0 Å². The summed E-state index contributed by atoms with van der Waals surface area (Å²) in [4.78, 5) is 13.0. The van der Waals surface area contributed by atoms with Crippen molar-refractivity contribution < 1.29 is 4.79 Å². The molecule has 2 rings (SSSR count). The quantitative estimate of drug-likeness (QED) is 0.741. The van der Waals surface area contributed by atoms with E-state index in [0.717, 1.165) is 23.1 Å². The molecule has 0 unspecified atom stereocenters. The van der Waals surface area contributed by atoms with Crippen LogP contribution in [-0.4, -0.2) is 5.78 Å². The molecule has 2 heteroatoms. The van der Waals surface area contributed by atoms with Crippen molar-refractivity contribution >= 4 is 17.1 Å². The first-order valence-electron chi connectivity index (χ1n) is 5.71. The number of rotatable bonds is 3. The summed E-state index contributed by atoms with van der Waals surface area (Å²) in [5.74, 6) is 0.161. The molecule has 0 saturated carbocycles. The highest BCUT2D eigenvalue weighted by Crippen LogP contribution is 2.22. The molecule has 0 radical (unpaired) electrons. The minimum Gasteiger partial charge on any atom is -0.294 e. The first kappa shape index (κ1) is 12.1. The van der Waals surface area contributed by atoms with Crippen molar-refractivity contribution in [3.8, 4) is 0 Å². The fourth-order valence-electron chi connectivity index (χ4n) is 2.30. The van der Waals surface area contributed by atoms with E-state index in [1.165, 1.54) is 10.4 Å². The van der Waals surface area contributed by atoms with Crippen LogP contribution in [0.1, 0.15) is 38.8 Å². The summed E-state index contributed by atoms with van der Waals surface area (Å²) < 4.78 is 0. The van der Waals surface area contributed by atoms with E-state index in [-0.39, 0.29) is 5.78 Å². The molecule has 0 amide bonds. The van der Waals surface area contributed by atoms with Crippen LogP contribution in [0.2, 0.25) is 0 Å². The van der Waals surface area contributed by atoms with Gasteiger partial charge in [-0.2, -0.15) is 0 Å². The molecule has 0 aliphatic carbocycles. The van der Waals surface area contributed by atoms with Crippen LogP contribution in [0.5, 0.6) is 0 Å². The van der Waals surface area contributed by atoms with Crippen LogP contribution in [0.15, 0.2) is 29.6 Å². The molecular weight excluding hydrogens is 228 g/mol. The Morgan fingerprint density at radius 1 is 1.29 bits per heavy atom. The largest absolute Gasteiger partial charge is 0.294 e. The van der Waals surface area contributed by atoms with Crippen LogP contribution < -0.4 is 0 Å². The van der Waals surface area contributed by atoms with E-state index in [0.29, 0.717) is 0 Å². The maximum absolute atomic E-state index is 11.7. The van der Waals surface area contributed by atoms with Gasteiger partial charge in [-0.25, -0.2) is 0 Å². The molecule has 1 heterocycles. The number of thiophene rings is 1. The smallest absolute Gasteiger partial charge is 0.160 e.